The van der Waals surface area contributed by atoms with Crippen LogP contribution in [0.1, 0.15) is 117 Å². The van der Waals surface area contributed by atoms with Crippen molar-refractivity contribution >= 4 is 24.8 Å². The number of aryl methyl sites for hydroxylation is 2. The van der Waals surface area contributed by atoms with E-state index in [-0.39, 0.29) is 35.6 Å². The monoisotopic (exact) mass is 732 g/mol. The van der Waals surface area contributed by atoms with Crippen molar-refractivity contribution in [1.82, 2.24) is 0 Å². The number of benzene rings is 3. The summed E-state index contributed by atoms with van der Waals surface area (Å²) in [5.41, 5.74) is 9.18. The summed E-state index contributed by atoms with van der Waals surface area (Å²) in [5, 5.41) is 5.55. The Morgan fingerprint density at radius 3 is 1.52 bits per heavy atom. The molecular weight excluding hydrogens is 679 g/mol. The van der Waals surface area contributed by atoms with Crippen LogP contribution in [0.4, 0.5) is 0 Å². The second-order valence-corrected chi connectivity index (χ2v) is 17.6. The molecule has 5 rings (SSSR count). The molecule has 0 bridgehead atoms. The molecule has 0 N–H and O–H groups in total. The third kappa shape index (κ3) is 11.2. The molecule has 0 radical (unpaired) electrons. The molecule has 4 aromatic carbocycles. The molecule has 0 amide bonds. The Bertz CT molecular complexity index is 1570. The maximum Gasteiger partial charge on any atom is -0.0142 e. The fourth-order valence-corrected chi connectivity index (χ4v) is 6.50. The predicted octanol–water partition coefficient (Wildman–Crippen LogP) is 6.45. The van der Waals surface area contributed by atoms with E-state index >= 15 is 0 Å². The number of rotatable bonds is 3. The normalized spacial score (nSPS) is 14.4. The van der Waals surface area contributed by atoms with Crippen molar-refractivity contribution in [3.63, 3.8) is 0 Å². The average Bonchev–Trinajstić information content (AvgIpc) is 3.52. The van der Waals surface area contributed by atoms with Crippen molar-refractivity contribution < 1.29 is 49.0 Å². The van der Waals surface area contributed by atoms with Gasteiger partial charge in [0, 0.05) is 0 Å². The number of allylic oxidation sites excluding steroid dienone is 4. The summed E-state index contributed by atoms with van der Waals surface area (Å²) in [4.78, 5) is 0. The van der Waals surface area contributed by atoms with Crippen LogP contribution in [-0.2, 0) is 35.1 Å². The zero-order valence-electron chi connectivity index (χ0n) is 30.7. The van der Waals surface area contributed by atoms with Crippen molar-refractivity contribution in [2.24, 2.45) is 11.3 Å². The molecule has 1 aliphatic carbocycles. The summed E-state index contributed by atoms with van der Waals surface area (Å²) in [5.74, 6) is 0.587. The molecular formula is C43H56Cl2Zr-2. The number of fused-ring (bicyclic) bond motifs is 3. The van der Waals surface area contributed by atoms with Gasteiger partial charge in [-0.2, -0.15) is 11.6 Å². The molecule has 0 fully saturated rings. The Labute approximate surface area is 309 Å². The maximum atomic E-state index is 3.40. The van der Waals surface area contributed by atoms with Gasteiger partial charge in [0.1, 0.15) is 0 Å². The molecule has 0 nitrogen and oxygen atoms in total. The smallest absolute Gasteiger partial charge is 0.0142 e. The topological polar surface area (TPSA) is 0 Å². The van der Waals surface area contributed by atoms with Gasteiger partial charge < -0.3 is 24.8 Å². The summed E-state index contributed by atoms with van der Waals surface area (Å²) in [6, 6.07) is 22.4. The van der Waals surface area contributed by atoms with Crippen LogP contribution in [-0.4, -0.2) is 3.21 Å². The number of hydrogen-bond donors (Lipinski definition) is 0. The third-order valence-electron chi connectivity index (χ3n) is 8.52. The minimum Gasteiger partial charge on any atom is -1.00 e. The summed E-state index contributed by atoms with van der Waals surface area (Å²) in [6.07, 6.45) is 10.4. The number of halogens is 2. The van der Waals surface area contributed by atoms with Gasteiger partial charge in [0.2, 0.25) is 0 Å². The average molecular weight is 735 g/mol. The summed E-state index contributed by atoms with van der Waals surface area (Å²) in [6.45, 7) is 29.4. The zero-order valence-corrected chi connectivity index (χ0v) is 34.6. The van der Waals surface area contributed by atoms with E-state index < -0.39 is 0 Å². The second-order valence-electron chi connectivity index (χ2n) is 15.7. The van der Waals surface area contributed by atoms with E-state index in [1.165, 1.54) is 95.2 Å². The van der Waals surface area contributed by atoms with E-state index in [0.717, 1.165) is 0 Å². The van der Waals surface area contributed by atoms with E-state index in [1.54, 1.807) is 0 Å². The first-order chi connectivity index (χ1) is 20.3. The van der Waals surface area contributed by atoms with Gasteiger partial charge in [-0.1, -0.05) is 128 Å². The first kappa shape index (κ1) is 42.4. The van der Waals surface area contributed by atoms with Crippen LogP contribution in [0, 0.1) is 31.3 Å². The molecule has 0 spiro atoms. The van der Waals surface area contributed by atoms with Gasteiger partial charge >= 0.3 is 70.3 Å². The standard InChI is InChI=1S/C23H29.C12H19.C8H8.2ClH.Zr/c1-14-9-16-11-17-10-15(2)21(23(6,7)8)13-19(17)18(16)12-20(14)22(3,4)5;1-5-6-10-7-8-11(9-10)12(2,3)4;1-2-8-6-4-3-5-7-8;;;/h9-13H,1-8H3;8-10H,5-6H2,1-4H3;3-7H,1H3;2*1H;/q2*-1;;;;+2/p-2. The van der Waals surface area contributed by atoms with Gasteiger partial charge in [0.05, 0.1) is 0 Å². The summed E-state index contributed by atoms with van der Waals surface area (Å²) < 4.78 is 1.46. The first-order valence-corrected chi connectivity index (χ1v) is 17.6. The minimum absolute atomic E-state index is 0. The van der Waals surface area contributed by atoms with Gasteiger partial charge in [-0.05, 0) is 24.7 Å². The molecule has 4 aromatic rings. The van der Waals surface area contributed by atoms with Crippen LogP contribution in [0.2, 0.25) is 0 Å². The third-order valence-corrected chi connectivity index (χ3v) is 9.23. The predicted molar refractivity (Wildman–Crippen MR) is 194 cm³/mol. The van der Waals surface area contributed by atoms with E-state index in [1.807, 2.05) is 6.07 Å². The van der Waals surface area contributed by atoms with Crippen LogP contribution in [0.3, 0.4) is 0 Å². The van der Waals surface area contributed by atoms with Crippen LogP contribution in [0.15, 0.2) is 78.4 Å². The molecule has 46 heavy (non-hydrogen) atoms. The Kier molecular flexibility index (Phi) is 15.8. The van der Waals surface area contributed by atoms with Gasteiger partial charge in [0.25, 0.3) is 0 Å². The molecule has 0 heterocycles. The van der Waals surface area contributed by atoms with E-state index in [2.05, 4.69) is 163 Å². The molecule has 3 heteroatoms. The van der Waals surface area contributed by atoms with Gasteiger partial charge in [-0.15, -0.1) is 39.7 Å². The van der Waals surface area contributed by atoms with E-state index in [4.69, 9.17) is 0 Å². The van der Waals surface area contributed by atoms with Gasteiger partial charge in [0.15, 0.2) is 0 Å². The van der Waals surface area contributed by atoms with E-state index in [9.17, 15) is 0 Å². The van der Waals surface area contributed by atoms with Crippen molar-refractivity contribution in [2.45, 2.75) is 114 Å². The molecule has 1 unspecified atom stereocenters. The fourth-order valence-electron chi connectivity index (χ4n) is 6.09. The molecule has 0 saturated heterocycles. The Hall–Kier alpha value is -1.66. The molecule has 0 aliphatic heterocycles. The first-order valence-electron chi connectivity index (χ1n) is 16.4. The largest absolute Gasteiger partial charge is 1.00 e. The van der Waals surface area contributed by atoms with Gasteiger partial charge in [-0.3, -0.25) is 6.08 Å². The van der Waals surface area contributed by atoms with Crippen molar-refractivity contribution in [2.75, 3.05) is 0 Å². The van der Waals surface area contributed by atoms with Crippen LogP contribution >= 0.6 is 0 Å². The van der Waals surface area contributed by atoms with Crippen molar-refractivity contribution in [1.29, 1.82) is 0 Å². The Morgan fingerprint density at radius 1 is 0.739 bits per heavy atom. The molecule has 0 aromatic heterocycles. The SMILES string of the molecule is CCCC1[C-]=CC(C(C)(C)C)=C1.C[C](=[Zr+2])c1ccccc1.Cc1cc2[cH-]c3cc(C)c(C(C)(C)C)cc3c2cc1C(C)(C)C.[Cl-].[Cl-]. The van der Waals surface area contributed by atoms with Gasteiger partial charge in [-0.25, -0.2) is 6.08 Å². The zero-order chi connectivity index (χ0) is 33.0. The second kappa shape index (κ2) is 17.1. The number of hydrogen-bond acceptors (Lipinski definition) is 0. The Balaban J connectivity index is 0.000000387. The molecule has 248 valence electrons. The fraction of sp³-hybridized carbons (Fsp3) is 0.442. The molecule has 0 saturated carbocycles. The van der Waals surface area contributed by atoms with Crippen molar-refractivity contribution in [3.05, 3.63) is 112 Å². The minimum atomic E-state index is 0. The van der Waals surface area contributed by atoms with E-state index in [0.29, 0.717) is 11.3 Å². The molecule has 1 atom stereocenters. The summed E-state index contributed by atoms with van der Waals surface area (Å²) in [7, 11) is 0. The van der Waals surface area contributed by atoms with Crippen LogP contribution < -0.4 is 24.8 Å². The maximum absolute atomic E-state index is 3.40. The Morgan fingerprint density at radius 2 is 1.20 bits per heavy atom. The van der Waals surface area contributed by atoms with Crippen molar-refractivity contribution in [3.8, 4) is 0 Å². The quantitative estimate of drug-likeness (QED) is 0.213. The van der Waals surface area contributed by atoms with Crippen LogP contribution in [0.5, 0.6) is 0 Å². The molecule has 1 aliphatic rings. The summed E-state index contributed by atoms with van der Waals surface area (Å²) >= 11 is 1.51. The van der Waals surface area contributed by atoms with Crippen LogP contribution in [0.25, 0.3) is 21.5 Å².